The van der Waals surface area contributed by atoms with Gasteiger partial charge in [0.25, 0.3) is 5.56 Å². The Hall–Kier alpha value is -2.58. The molecule has 0 unspecified atom stereocenters. The first-order valence-electron chi connectivity index (χ1n) is 6.52. The Labute approximate surface area is 125 Å². The number of hydrogen-bond acceptors (Lipinski definition) is 5. The zero-order valence-electron chi connectivity index (χ0n) is 12.8. The third kappa shape index (κ3) is 5.08. The van der Waals surface area contributed by atoms with Crippen LogP contribution in [-0.4, -0.2) is 38.4 Å². The minimum Gasteiger partial charge on any atom is -0.480 e. The molecule has 1 atom stereocenters. The number of aryl methyl sites for hydroxylation is 1. The number of ether oxygens (including phenoxy) is 1. The first-order valence-corrected chi connectivity index (χ1v) is 6.52. The number of hydrogen-bond donors (Lipinski definition) is 3. The van der Waals surface area contributed by atoms with Crippen LogP contribution in [0.5, 0.6) is 0 Å². The van der Waals surface area contributed by atoms with Crippen LogP contribution in [0.3, 0.4) is 0 Å². The average Bonchev–Trinajstić information content (AvgIpc) is 2.32. The van der Waals surface area contributed by atoms with Gasteiger partial charge >= 0.3 is 17.8 Å². The topological polar surface area (TPSA) is 130 Å². The van der Waals surface area contributed by atoms with Gasteiger partial charge in [-0.25, -0.2) is 14.4 Å². The van der Waals surface area contributed by atoms with Crippen LogP contribution in [-0.2, 0) is 16.1 Å². The SMILES string of the molecule is Cc1cn(C[C@H](NC(=O)OC(C)(C)C)C(=O)O)c(=O)[nH]c1=O. The van der Waals surface area contributed by atoms with Crippen molar-refractivity contribution in [3.05, 3.63) is 32.6 Å². The van der Waals surface area contributed by atoms with E-state index in [9.17, 15) is 19.2 Å². The van der Waals surface area contributed by atoms with Crippen molar-refractivity contribution < 1.29 is 19.4 Å². The molecule has 3 N–H and O–H groups in total. The molecule has 0 aliphatic carbocycles. The number of nitrogens with one attached hydrogen (secondary N) is 2. The molecule has 22 heavy (non-hydrogen) atoms. The van der Waals surface area contributed by atoms with Gasteiger partial charge < -0.3 is 15.2 Å². The molecular formula is C13H19N3O6. The van der Waals surface area contributed by atoms with E-state index in [0.29, 0.717) is 0 Å². The van der Waals surface area contributed by atoms with Crippen molar-refractivity contribution in [1.29, 1.82) is 0 Å². The number of aromatic amines is 1. The van der Waals surface area contributed by atoms with Crippen molar-refractivity contribution in [3.8, 4) is 0 Å². The molecular weight excluding hydrogens is 294 g/mol. The van der Waals surface area contributed by atoms with Crippen molar-refractivity contribution in [3.63, 3.8) is 0 Å². The van der Waals surface area contributed by atoms with Gasteiger partial charge in [-0.3, -0.25) is 14.3 Å². The highest BCUT2D eigenvalue weighted by atomic mass is 16.6. The third-order valence-corrected chi connectivity index (χ3v) is 2.56. The highest BCUT2D eigenvalue weighted by Gasteiger charge is 2.24. The van der Waals surface area contributed by atoms with E-state index in [0.717, 1.165) is 4.57 Å². The standard InChI is InChI=1S/C13H19N3O6/c1-7-5-16(11(20)15-9(7)17)6-8(10(18)19)14-12(21)22-13(2,3)4/h5,8H,6H2,1-4H3,(H,14,21)(H,18,19)(H,15,17,20)/t8-/m0/s1. The Morgan fingerprint density at radius 1 is 1.41 bits per heavy atom. The summed E-state index contributed by atoms with van der Waals surface area (Å²) in [6.07, 6.45) is 0.322. The lowest BCUT2D eigenvalue weighted by molar-refractivity contribution is -0.139. The molecule has 1 amide bonds. The first-order chi connectivity index (χ1) is 9.99. The summed E-state index contributed by atoms with van der Waals surface area (Å²) >= 11 is 0. The van der Waals surface area contributed by atoms with E-state index >= 15 is 0 Å². The van der Waals surface area contributed by atoms with Crippen LogP contribution >= 0.6 is 0 Å². The van der Waals surface area contributed by atoms with Gasteiger partial charge in [0, 0.05) is 11.8 Å². The maximum atomic E-state index is 11.6. The molecule has 0 saturated carbocycles. The lowest BCUT2D eigenvalue weighted by Gasteiger charge is -2.22. The first kappa shape index (κ1) is 17.5. The smallest absolute Gasteiger partial charge is 0.408 e. The molecule has 0 aromatic carbocycles. The van der Waals surface area contributed by atoms with Crippen LogP contribution in [0.4, 0.5) is 4.79 Å². The molecule has 0 aliphatic heterocycles. The van der Waals surface area contributed by atoms with E-state index in [1.54, 1.807) is 20.8 Å². The van der Waals surface area contributed by atoms with E-state index in [1.807, 2.05) is 0 Å². The molecule has 0 saturated heterocycles. The number of carbonyl (C=O) groups excluding carboxylic acids is 1. The quantitative estimate of drug-likeness (QED) is 0.707. The molecule has 122 valence electrons. The lowest BCUT2D eigenvalue weighted by Crippen LogP contribution is -2.47. The van der Waals surface area contributed by atoms with E-state index in [1.165, 1.54) is 13.1 Å². The van der Waals surface area contributed by atoms with Gasteiger partial charge in [0.15, 0.2) is 0 Å². The number of amides is 1. The minimum absolute atomic E-state index is 0.251. The average molecular weight is 313 g/mol. The Morgan fingerprint density at radius 3 is 2.50 bits per heavy atom. The van der Waals surface area contributed by atoms with E-state index in [-0.39, 0.29) is 12.1 Å². The summed E-state index contributed by atoms with van der Waals surface area (Å²) in [5, 5.41) is 11.3. The van der Waals surface area contributed by atoms with Gasteiger partial charge in [-0.15, -0.1) is 0 Å². The number of H-pyrrole nitrogens is 1. The highest BCUT2D eigenvalue weighted by molar-refractivity contribution is 5.79. The van der Waals surface area contributed by atoms with Crippen molar-refractivity contribution in [1.82, 2.24) is 14.9 Å². The number of carboxylic acid groups (broad SMARTS) is 1. The summed E-state index contributed by atoms with van der Waals surface area (Å²) in [5.41, 5.74) is -1.83. The molecule has 0 aliphatic rings. The zero-order chi connectivity index (χ0) is 17.1. The Kier molecular flexibility index (Phi) is 5.13. The second kappa shape index (κ2) is 6.46. The van der Waals surface area contributed by atoms with Crippen LogP contribution in [0.15, 0.2) is 15.8 Å². The summed E-state index contributed by atoms with van der Waals surface area (Å²) < 4.78 is 5.98. The zero-order valence-corrected chi connectivity index (χ0v) is 12.8. The molecule has 0 spiro atoms. The van der Waals surface area contributed by atoms with E-state index in [4.69, 9.17) is 9.84 Å². The van der Waals surface area contributed by atoms with Crippen LogP contribution in [0.2, 0.25) is 0 Å². The Morgan fingerprint density at radius 2 is 2.00 bits per heavy atom. The van der Waals surface area contributed by atoms with Gasteiger partial charge in [-0.05, 0) is 27.7 Å². The molecule has 0 fully saturated rings. The number of nitrogens with zero attached hydrogens (tertiary/aromatic N) is 1. The van der Waals surface area contributed by atoms with Gasteiger partial charge in [0.05, 0.1) is 6.54 Å². The van der Waals surface area contributed by atoms with Gasteiger partial charge in [0.2, 0.25) is 0 Å². The summed E-state index contributed by atoms with van der Waals surface area (Å²) in [6, 6.07) is -1.38. The fourth-order valence-corrected chi connectivity index (χ4v) is 1.59. The van der Waals surface area contributed by atoms with Crippen LogP contribution in [0.25, 0.3) is 0 Å². The second-order valence-corrected chi connectivity index (χ2v) is 5.76. The minimum atomic E-state index is -1.38. The van der Waals surface area contributed by atoms with Crippen molar-refractivity contribution in [2.45, 2.75) is 45.9 Å². The van der Waals surface area contributed by atoms with Gasteiger partial charge in [0.1, 0.15) is 11.6 Å². The Bertz CT molecular complexity index is 682. The summed E-state index contributed by atoms with van der Waals surface area (Å²) in [4.78, 5) is 47.8. The van der Waals surface area contributed by atoms with Crippen molar-refractivity contribution in [2.24, 2.45) is 0 Å². The number of aliphatic carboxylic acids is 1. The highest BCUT2D eigenvalue weighted by Crippen LogP contribution is 2.07. The predicted octanol–water partition coefficient (Wildman–Crippen LogP) is -0.177. The summed E-state index contributed by atoms with van der Waals surface area (Å²) in [7, 11) is 0. The van der Waals surface area contributed by atoms with E-state index in [2.05, 4.69) is 10.3 Å². The van der Waals surface area contributed by atoms with Crippen LogP contribution < -0.4 is 16.6 Å². The molecule has 1 aromatic rings. The fourth-order valence-electron chi connectivity index (χ4n) is 1.59. The number of aromatic nitrogens is 2. The van der Waals surface area contributed by atoms with Crippen molar-refractivity contribution >= 4 is 12.1 Å². The number of alkyl carbamates (subject to hydrolysis) is 1. The van der Waals surface area contributed by atoms with Gasteiger partial charge in [-0.1, -0.05) is 0 Å². The number of rotatable bonds is 4. The van der Waals surface area contributed by atoms with Crippen LogP contribution in [0.1, 0.15) is 26.3 Å². The monoisotopic (exact) mass is 313 g/mol. The molecule has 0 bridgehead atoms. The van der Waals surface area contributed by atoms with Crippen molar-refractivity contribution in [2.75, 3.05) is 0 Å². The van der Waals surface area contributed by atoms with E-state index < -0.39 is 35.0 Å². The van der Waals surface area contributed by atoms with Crippen LogP contribution in [0, 0.1) is 6.92 Å². The Balaban J connectivity index is 2.93. The largest absolute Gasteiger partial charge is 0.480 e. The third-order valence-electron chi connectivity index (χ3n) is 2.56. The molecule has 9 nitrogen and oxygen atoms in total. The number of carbonyl (C=O) groups is 2. The molecule has 1 heterocycles. The van der Waals surface area contributed by atoms with Gasteiger partial charge in [-0.2, -0.15) is 0 Å². The molecule has 0 radical (unpaired) electrons. The maximum Gasteiger partial charge on any atom is 0.408 e. The fraction of sp³-hybridized carbons (Fsp3) is 0.538. The molecule has 1 rings (SSSR count). The lowest BCUT2D eigenvalue weighted by atomic mass is 10.2. The normalized spacial score (nSPS) is 12.5. The predicted molar refractivity (Wildman–Crippen MR) is 76.9 cm³/mol. The maximum absolute atomic E-state index is 11.6. The summed E-state index contributed by atoms with van der Waals surface area (Å²) in [5.74, 6) is -1.33. The molecule has 9 heteroatoms. The molecule has 1 aromatic heterocycles. The number of carboxylic acids is 1. The second-order valence-electron chi connectivity index (χ2n) is 5.76. The summed E-state index contributed by atoms with van der Waals surface area (Å²) in [6.45, 7) is 6.05.